The summed E-state index contributed by atoms with van der Waals surface area (Å²) in [4.78, 5) is 17.7. The molecule has 2 aromatic heterocycles. The van der Waals surface area contributed by atoms with Crippen LogP contribution < -0.4 is 5.56 Å². The first-order valence-corrected chi connectivity index (χ1v) is 9.46. The van der Waals surface area contributed by atoms with E-state index in [4.69, 9.17) is 21.0 Å². The smallest absolute Gasteiger partial charge is 0.262 e. The van der Waals surface area contributed by atoms with Gasteiger partial charge in [0, 0.05) is 10.8 Å². The highest BCUT2D eigenvalue weighted by atomic mass is 35.5. The fourth-order valence-corrected chi connectivity index (χ4v) is 3.76. The molecule has 6 heteroatoms. The van der Waals surface area contributed by atoms with Crippen molar-refractivity contribution in [2.75, 3.05) is 0 Å². The maximum absolute atomic E-state index is 13.0. The van der Waals surface area contributed by atoms with Crippen molar-refractivity contribution < 1.29 is 4.42 Å². The molecule has 0 unspecified atom stereocenters. The van der Waals surface area contributed by atoms with Crippen molar-refractivity contribution in [1.29, 1.82) is 0 Å². The standard InChI is InChI=1S/C20H15ClN2O2S/c21-15-9-7-14(8-10-15)13-26-20-22-18-6-2-1-5-17(18)19(24)23(20)12-16-4-3-11-25-16/h1-11H,12-13H2. The number of furan rings is 1. The average Bonchev–Trinajstić information content (AvgIpc) is 3.17. The van der Waals surface area contributed by atoms with Crippen molar-refractivity contribution in [3.63, 3.8) is 0 Å². The van der Waals surface area contributed by atoms with Crippen LogP contribution in [0.1, 0.15) is 11.3 Å². The van der Waals surface area contributed by atoms with E-state index in [0.717, 1.165) is 11.3 Å². The Bertz CT molecular complexity index is 1090. The Hall–Kier alpha value is -2.50. The molecule has 0 spiro atoms. The van der Waals surface area contributed by atoms with Gasteiger partial charge >= 0.3 is 0 Å². The summed E-state index contributed by atoms with van der Waals surface area (Å²) < 4.78 is 7.09. The zero-order valence-electron chi connectivity index (χ0n) is 13.8. The number of aromatic nitrogens is 2. The number of nitrogens with zero attached hydrogens (tertiary/aromatic N) is 2. The van der Waals surface area contributed by atoms with E-state index >= 15 is 0 Å². The molecular formula is C20H15ClN2O2S. The first-order chi connectivity index (χ1) is 12.7. The molecule has 4 aromatic rings. The molecule has 26 heavy (non-hydrogen) atoms. The van der Waals surface area contributed by atoms with Crippen LogP contribution in [0, 0.1) is 0 Å². The summed E-state index contributed by atoms with van der Waals surface area (Å²) in [5.41, 5.74) is 1.75. The SMILES string of the molecule is O=c1c2ccccc2nc(SCc2ccc(Cl)cc2)n1Cc1ccco1. The molecule has 0 aliphatic carbocycles. The van der Waals surface area contributed by atoms with Crippen molar-refractivity contribution in [2.45, 2.75) is 17.5 Å². The Morgan fingerprint density at radius 3 is 2.62 bits per heavy atom. The summed E-state index contributed by atoms with van der Waals surface area (Å²) in [6.07, 6.45) is 1.61. The third kappa shape index (κ3) is 3.54. The third-order valence-corrected chi connectivity index (χ3v) is 5.30. The molecule has 2 aromatic carbocycles. The van der Waals surface area contributed by atoms with Crippen molar-refractivity contribution in [3.8, 4) is 0 Å². The van der Waals surface area contributed by atoms with Gasteiger partial charge in [0.2, 0.25) is 0 Å². The maximum atomic E-state index is 13.0. The molecule has 4 nitrogen and oxygen atoms in total. The summed E-state index contributed by atoms with van der Waals surface area (Å²) in [7, 11) is 0. The van der Waals surface area contributed by atoms with Gasteiger partial charge in [-0.1, -0.05) is 47.6 Å². The highest BCUT2D eigenvalue weighted by molar-refractivity contribution is 7.98. The van der Waals surface area contributed by atoms with Crippen LogP contribution in [-0.4, -0.2) is 9.55 Å². The fourth-order valence-electron chi connectivity index (χ4n) is 2.68. The first kappa shape index (κ1) is 16.9. The molecule has 0 saturated heterocycles. The van der Waals surface area contributed by atoms with Crippen molar-refractivity contribution in [3.05, 3.63) is 93.6 Å². The molecule has 4 rings (SSSR count). The average molecular weight is 383 g/mol. The van der Waals surface area contributed by atoms with Gasteiger partial charge in [0.1, 0.15) is 5.76 Å². The van der Waals surface area contributed by atoms with E-state index < -0.39 is 0 Å². The topological polar surface area (TPSA) is 48.0 Å². The Balaban J connectivity index is 1.73. The van der Waals surface area contributed by atoms with E-state index in [0.29, 0.717) is 33.4 Å². The van der Waals surface area contributed by atoms with Gasteiger partial charge in [0.25, 0.3) is 5.56 Å². The lowest BCUT2D eigenvalue weighted by Crippen LogP contribution is -2.23. The normalized spacial score (nSPS) is 11.1. The molecule has 0 aliphatic rings. The second kappa shape index (κ2) is 7.40. The molecule has 2 heterocycles. The lowest BCUT2D eigenvalue weighted by atomic mass is 10.2. The van der Waals surface area contributed by atoms with Crippen LogP contribution in [0.15, 0.2) is 81.3 Å². The highest BCUT2D eigenvalue weighted by Crippen LogP contribution is 2.23. The van der Waals surface area contributed by atoms with Crippen LogP contribution >= 0.6 is 23.4 Å². The van der Waals surface area contributed by atoms with Gasteiger partial charge in [-0.05, 0) is 42.0 Å². The molecule has 0 fully saturated rings. The molecular weight excluding hydrogens is 368 g/mol. The van der Waals surface area contributed by atoms with Gasteiger partial charge in [-0.3, -0.25) is 9.36 Å². The lowest BCUT2D eigenvalue weighted by Gasteiger charge is -2.12. The van der Waals surface area contributed by atoms with Crippen LogP contribution in [0.3, 0.4) is 0 Å². The minimum absolute atomic E-state index is 0.0643. The van der Waals surface area contributed by atoms with E-state index in [1.807, 2.05) is 54.6 Å². The van der Waals surface area contributed by atoms with Crippen LogP contribution in [-0.2, 0) is 12.3 Å². The zero-order chi connectivity index (χ0) is 17.9. The highest BCUT2D eigenvalue weighted by Gasteiger charge is 2.13. The number of hydrogen-bond acceptors (Lipinski definition) is 4. The Labute approximate surface area is 159 Å². The number of para-hydroxylation sites is 1. The van der Waals surface area contributed by atoms with Gasteiger partial charge in [0.05, 0.1) is 23.7 Å². The number of hydrogen-bond donors (Lipinski definition) is 0. The summed E-state index contributed by atoms with van der Waals surface area (Å²) in [6.45, 7) is 0.354. The molecule has 0 aliphatic heterocycles. The van der Waals surface area contributed by atoms with Gasteiger partial charge < -0.3 is 4.42 Å². The zero-order valence-corrected chi connectivity index (χ0v) is 15.3. The van der Waals surface area contributed by atoms with E-state index in [1.54, 1.807) is 16.9 Å². The van der Waals surface area contributed by atoms with Gasteiger partial charge in [-0.25, -0.2) is 4.98 Å². The molecule has 0 amide bonds. The van der Waals surface area contributed by atoms with E-state index in [-0.39, 0.29) is 5.56 Å². The maximum Gasteiger partial charge on any atom is 0.262 e. The van der Waals surface area contributed by atoms with E-state index in [2.05, 4.69) is 0 Å². The third-order valence-electron chi connectivity index (χ3n) is 4.00. The molecule has 0 atom stereocenters. The van der Waals surface area contributed by atoms with E-state index in [9.17, 15) is 4.79 Å². The van der Waals surface area contributed by atoms with Gasteiger partial charge in [0.15, 0.2) is 5.16 Å². The molecule has 0 N–H and O–H groups in total. The number of benzene rings is 2. The van der Waals surface area contributed by atoms with Gasteiger partial charge in [-0.2, -0.15) is 0 Å². The monoisotopic (exact) mass is 382 g/mol. The van der Waals surface area contributed by atoms with Crippen LogP contribution in [0.4, 0.5) is 0 Å². The quantitative estimate of drug-likeness (QED) is 0.360. The van der Waals surface area contributed by atoms with Crippen LogP contribution in [0.25, 0.3) is 10.9 Å². The second-order valence-electron chi connectivity index (χ2n) is 5.80. The molecule has 0 radical (unpaired) electrons. The summed E-state index contributed by atoms with van der Waals surface area (Å²) in [6, 6.07) is 18.8. The van der Waals surface area contributed by atoms with Gasteiger partial charge in [-0.15, -0.1) is 0 Å². The first-order valence-electron chi connectivity index (χ1n) is 8.10. The van der Waals surface area contributed by atoms with Crippen molar-refractivity contribution >= 4 is 34.3 Å². The molecule has 0 saturated carbocycles. The Kier molecular flexibility index (Phi) is 4.82. The summed E-state index contributed by atoms with van der Waals surface area (Å²) >= 11 is 7.47. The molecule has 0 bridgehead atoms. The fraction of sp³-hybridized carbons (Fsp3) is 0.100. The number of rotatable bonds is 5. The van der Waals surface area contributed by atoms with Crippen LogP contribution in [0.5, 0.6) is 0 Å². The Morgan fingerprint density at radius 1 is 1.04 bits per heavy atom. The number of halogens is 1. The number of fused-ring (bicyclic) bond motifs is 1. The Morgan fingerprint density at radius 2 is 1.85 bits per heavy atom. The summed E-state index contributed by atoms with van der Waals surface area (Å²) in [5, 5.41) is 1.98. The van der Waals surface area contributed by atoms with Crippen molar-refractivity contribution in [2.24, 2.45) is 0 Å². The molecule has 130 valence electrons. The largest absolute Gasteiger partial charge is 0.467 e. The lowest BCUT2D eigenvalue weighted by molar-refractivity contribution is 0.476. The minimum atomic E-state index is -0.0643. The summed E-state index contributed by atoms with van der Waals surface area (Å²) in [5.74, 6) is 1.41. The number of thioether (sulfide) groups is 1. The van der Waals surface area contributed by atoms with Crippen LogP contribution in [0.2, 0.25) is 5.02 Å². The predicted octanol–water partition coefficient (Wildman–Crippen LogP) is 4.98. The second-order valence-corrected chi connectivity index (χ2v) is 7.18. The predicted molar refractivity (Wildman–Crippen MR) is 105 cm³/mol. The van der Waals surface area contributed by atoms with Crippen molar-refractivity contribution in [1.82, 2.24) is 9.55 Å². The van der Waals surface area contributed by atoms with E-state index in [1.165, 1.54) is 11.8 Å². The minimum Gasteiger partial charge on any atom is -0.467 e.